The lowest BCUT2D eigenvalue weighted by Crippen LogP contribution is -2.52. The van der Waals surface area contributed by atoms with E-state index >= 15 is 0 Å². The molecule has 2 aromatic carbocycles. The van der Waals surface area contributed by atoms with Gasteiger partial charge in [-0.15, -0.1) is 0 Å². The zero-order valence-corrected chi connectivity index (χ0v) is 12.6. The molecule has 1 atom stereocenters. The monoisotopic (exact) mass is 288 g/mol. The van der Waals surface area contributed by atoms with Crippen LogP contribution in [0.1, 0.15) is 38.5 Å². The second-order valence-electron chi connectivity index (χ2n) is 4.31. The minimum atomic E-state index is 0. The average molecular weight is 288 g/mol. The molecule has 0 aromatic heterocycles. The number of ether oxygens (including phenoxy) is 1. The van der Waals surface area contributed by atoms with Crippen molar-refractivity contribution in [2.24, 2.45) is 0 Å². The van der Waals surface area contributed by atoms with Gasteiger partial charge in [0.15, 0.2) is 0 Å². The Balaban J connectivity index is 0.00000128. The average Bonchev–Trinajstić information content (AvgIpc) is 2.55. The number of rotatable bonds is 6. The molecule has 0 aliphatic carbocycles. The maximum Gasteiger partial charge on any atom is 0.0977 e. The lowest BCUT2D eigenvalue weighted by atomic mass is 10.0. The zero-order valence-electron chi connectivity index (χ0n) is 12.6. The zero-order chi connectivity index (χ0) is 14.6. The van der Waals surface area contributed by atoms with E-state index in [4.69, 9.17) is 4.74 Å². The summed E-state index contributed by atoms with van der Waals surface area (Å²) in [6, 6.07) is 20.8. The fraction of sp³-hybridized carbons (Fsp3) is 0.368. The normalized spacial score (nSPS) is 10.8. The van der Waals surface area contributed by atoms with Crippen molar-refractivity contribution in [3.05, 3.63) is 71.8 Å². The molecular formula is C19H30NO+. The van der Waals surface area contributed by atoms with Gasteiger partial charge < -0.3 is 10.5 Å². The van der Waals surface area contributed by atoms with Gasteiger partial charge in [0, 0.05) is 6.42 Å². The first kappa shape index (κ1) is 19.4. The largest absolute Gasteiger partial charge is 0.367 e. The highest BCUT2D eigenvalue weighted by molar-refractivity contribution is 5.22. The van der Waals surface area contributed by atoms with Crippen LogP contribution < -0.4 is 5.73 Å². The Kier molecular flexibility index (Phi) is 11.2. The smallest absolute Gasteiger partial charge is 0.0977 e. The molecular weight excluding hydrogens is 258 g/mol. The standard InChI is InChI=1S/C16H19NO.C2H6.CH4/c17-11-12-18-16(15-9-5-2-6-10-15)13-14-7-3-1-4-8-14;1-2;/h1-10,16H,11-13,17H2;1-2H3;1H4/p+1. The van der Waals surface area contributed by atoms with Crippen LogP contribution in [0.4, 0.5) is 0 Å². The van der Waals surface area contributed by atoms with Crippen molar-refractivity contribution in [1.82, 2.24) is 0 Å². The van der Waals surface area contributed by atoms with E-state index in [1.807, 2.05) is 26.0 Å². The van der Waals surface area contributed by atoms with E-state index < -0.39 is 0 Å². The molecule has 0 spiro atoms. The van der Waals surface area contributed by atoms with Crippen molar-refractivity contribution >= 4 is 0 Å². The molecule has 2 nitrogen and oxygen atoms in total. The van der Waals surface area contributed by atoms with E-state index in [-0.39, 0.29) is 13.5 Å². The first-order valence-corrected chi connectivity index (χ1v) is 7.40. The number of hydrogen-bond donors (Lipinski definition) is 1. The molecule has 3 N–H and O–H groups in total. The summed E-state index contributed by atoms with van der Waals surface area (Å²) in [5, 5.41) is 0. The predicted octanol–water partition coefficient (Wildman–Crippen LogP) is 3.89. The third kappa shape index (κ3) is 7.07. The molecule has 1 unspecified atom stereocenters. The third-order valence-corrected chi connectivity index (χ3v) is 2.90. The molecule has 0 fully saturated rings. The summed E-state index contributed by atoms with van der Waals surface area (Å²) in [7, 11) is 0. The van der Waals surface area contributed by atoms with Gasteiger partial charge in [0.1, 0.15) is 0 Å². The summed E-state index contributed by atoms with van der Waals surface area (Å²) in [5.74, 6) is 0. The quantitative estimate of drug-likeness (QED) is 0.860. The Morgan fingerprint density at radius 3 is 1.95 bits per heavy atom. The lowest BCUT2D eigenvalue weighted by molar-refractivity contribution is -0.375. The van der Waals surface area contributed by atoms with Crippen molar-refractivity contribution < 1.29 is 10.5 Å². The lowest BCUT2D eigenvalue weighted by Gasteiger charge is -2.17. The first-order valence-electron chi connectivity index (χ1n) is 7.40. The molecule has 0 radical (unpaired) electrons. The molecule has 0 aliphatic rings. The van der Waals surface area contributed by atoms with Crippen LogP contribution in [-0.2, 0) is 11.2 Å². The SMILES string of the molecule is C.CC.[NH3+]CCOC(Cc1ccccc1)c1ccccc1. The van der Waals surface area contributed by atoms with Crippen LogP contribution >= 0.6 is 0 Å². The Bertz CT molecular complexity index is 442. The van der Waals surface area contributed by atoms with Crippen LogP contribution in [-0.4, -0.2) is 13.2 Å². The first-order chi connectivity index (χ1) is 9.90. The van der Waals surface area contributed by atoms with E-state index in [9.17, 15) is 0 Å². The van der Waals surface area contributed by atoms with Gasteiger partial charge in [0.25, 0.3) is 0 Å². The molecule has 2 rings (SSSR count). The van der Waals surface area contributed by atoms with Crippen LogP contribution in [0.3, 0.4) is 0 Å². The third-order valence-electron chi connectivity index (χ3n) is 2.90. The van der Waals surface area contributed by atoms with Gasteiger partial charge >= 0.3 is 0 Å². The summed E-state index contributed by atoms with van der Waals surface area (Å²) in [4.78, 5) is 0. The molecule has 2 aromatic rings. The Hall–Kier alpha value is -1.64. The van der Waals surface area contributed by atoms with E-state index in [0.717, 1.165) is 13.0 Å². The van der Waals surface area contributed by atoms with Crippen LogP contribution in [0.2, 0.25) is 0 Å². The molecule has 0 saturated heterocycles. The van der Waals surface area contributed by atoms with E-state index in [1.54, 1.807) is 0 Å². The van der Waals surface area contributed by atoms with Gasteiger partial charge in [0.2, 0.25) is 0 Å². The van der Waals surface area contributed by atoms with Crippen molar-refractivity contribution in [2.45, 2.75) is 33.8 Å². The molecule has 0 aliphatic heterocycles. The van der Waals surface area contributed by atoms with Gasteiger partial charge in [-0.05, 0) is 11.1 Å². The van der Waals surface area contributed by atoms with E-state index in [2.05, 4.69) is 54.3 Å². The molecule has 0 amide bonds. The van der Waals surface area contributed by atoms with E-state index in [1.165, 1.54) is 11.1 Å². The van der Waals surface area contributed by atoms with Crippen molar-refractivity contribution in [3.63, 3.8) is 0 Å². The second kappa shape index (κ2) is 12.1. The molecule has 0 bridgehead atoms. The van der Waals surface area contributed by atoms with Crippen LogP contribution in [0.25, 0.3) is 0 Å². The van der Waals surface area contributed by atoms with Crippen LogP contribution in [0.15, 0.2) is 60.7 Å². The summed E-state index contributed by atoms with van der Waals surface area (Å²) in [6.45, 7) is 5.50. The molecule has 116 valence electrons. The van der Waals surface area contributed by atoms with Gasteiger partial charge in [0.05, 0.1) is 19.3 Å². The fourth-order valence-corrected chi connectivity index (χ4v) is 1.99. The summed E-state index contributed by atoms with van der Waals surface area (Å²) in [5.41, 5.74) is 6.37. The fourth-order valence-electron chi connectivity index (χ4n) is 1.99. The minimum absolute atomic E-state index is 0. The molecule has 0 saturated carbocycles. The van der Waals surface area contributed by atoms with Crippen molar-refractivity contribution in [2.75, 3.05) is 13.2 Å². The van der Waals surface area contributed by atoms with Crippen LogP contribution in [0, 0.1) is 0 Å². The highest BCUT2D eigenvalue weighted by Crippen LogP contribution is 2.21. The van der Waals surface area contributed by atoms with E-state index in [0.29, 0.717) is 6.61 Å². The maximum atomic E-state index is 5.92. The Labute approximate surface area is 130 Å². The van der Waals surface area contributed by atoms with Crippen molar-refractivity contribution in [3.8, 4) is 0 Å². The number of benzene rings is 2. The summed E-state index contributed by atoms with van der Waals surface area (Å²) in [6.07, 6.45) is 1.03. The van der Waals surface area contributed by atoms with Gasteiger partial charge in [-0.3, -0.25) is 0 Å². The minimum Gasteiger partial charge on any atom is -0.367 e. The topological polar surface area (TPSA) is 36.9 Å². The predicted molar refractivity (Wildman–Crippen MR) is 91.1 cm³/mol. The highest BCUT2D eigenvalue weighted by Gasteiger charge is 2.12. The molecule has 2 heteroatoms. The second-order valence-corrected chi connectivity index (χ2v) is 4.31. The van der Waals surface area contributed by atoms with Gasteiger partial charge in [-0.1, -0.05) is 81.9 Å². The summed E-state index contributed by atoms with van der Waals surface area (Å²) >= 11 is 0. The van der Waals surface area contributed by atoms with Crippen LogP contribution in [0.5, 0.6) is 0 Å². The Morgan fingerprint density at radius 2 is 1.43 bits per heavy atom. The van der Waals surface area contributed by atoms with Gasteiger partial charge in [-0.25, -0.2) is 0 Å². The Morgan fingerprint density at radius 1 is 0.905 bits per heavy atom. The molecule has 21 heavy (non-hydrogen) atoms. The maximum absolute atomic E-state index is 5.92. The molecule has 0 heterocycles. The summed E-state index contributed by atoms with van der Waals surface area (Å²) < 4.78 is 5.92. The number of quaternary nitrogens is 1. The van der Waals surface area contributed by atoms with Gasteiger partial charge in [-0.2, -0.15) is 0 Å². The number of hydrogen-bond acceptors (Lipinski definition) is 1. The highest BCUT2D eigenvalue weighted by atomic mass is 16.5. The van der Waals surface area contributed by atoms with Crippen molar-refractivity contribution in [1.29, 1.82) is 0 Å².